The molecular formula is C36H37ClN8O4. The van der Waals surface area contributed by atoms with Crippen LogP contribution in [0.1, 0.15) is 61.1 Å². The number of piperidine rings is 1. The topological polar surface area (TPSA) is 141 Å². The second kappa shape index (κ2) is 13.8. The molecule has 0 radical (unpaired) electrons. The molecule has 1 saturated carbocycles. The van der Waals surface area contributed by atoms with Crippen molar-refractivity contribution in [1.82, 2.24) is 39.7 Å². The number of rotatable bonds is 9. The average molecular weight is 681 g/mol. The molecule has 2 aliphatic rings. The number of benzene rings is 2. The average Bonchev–Trinajstić information content (AvgIpc) is 3.86. The van der Waals surface area contributed by atoms with Gasteiger partial charge in [-0.3, -0.25) is 19.1 Å². The van der Waals surface area contributed by atoms with Gasteiger partial charge in [0.05, 0.1) is 11.1 Å². The van der Waals surface area contributed by atoms with Gasteiger partial charge in [-0.1, -0.05) is 49.6 Å². The van der Waals surface area contributed by atoms with Crippen LogP contribution in [0.25, 0.3) is 22.2 Å². The molecule has 1 aliphatic heterocycles. The van der Waals surface area contributed by atoms with Gasteiger partial charge in [-0.05, 0) is 78.5 Å². The molecule has 49 heavy (non-hydrogen) atoms. The maximum Gasteiger partial charge on any atom is 0.288 e. The molecule has 0 bridgehead atoms. The normalized spacial score (nSPS) is 17.1. The lowest BCUT2D eigenvalue weighted by atomic mass is 9.63. The van der Waals surface area contributed by atoms with Crippen molar-refractivity contribution >= 4 is 40.0 Å². The number of carbonyl (C=O) groups excluding carboxylic acids is 2. The van der Waals surface area contributed by atoms with Crippen LogP contribution >= 0.6 is 11.6 Å². The lowest BCUT2D eigenvalue weighted by molar-refractivity contribution is -0.135. The van der Waals surface area contributed by atoms with Crippen molar-refractivity contribution in [3.8, 4) is 5.69 Å². The fourth-order valence-electron chi connectivity index (χ4n) is 7.47. The number of hydrogen-bond donors (Lipinski definition) is 1. The minimum atomic E-state index is -1.11. The second-order valence-corrected chi connectivity index (χ2v) is 13.5. The van der Waals surface area contributed by atoms with Crippen LogP contribution in [0.3, 0.4) is 0 Å². The Morgan fingerprint density at radius 3 is 2.41 bits per heavy atom. The summed E-state index contributed by atoms with van der Waals surface area (Å²) in [7, 11) is 0. The first-order valence-electron chi connectivity index (χ1n) is 16.6. The number of likely N-dealkylation sites (tertiary alicyclic amines) is 1. The number of aromatic nitrogens is 6. The fourth-order valence-corrected chi connectivity index (χ4v) is 7.60. The number of nitrogens with zero attached hydrogens (tertiary/aromatic N) is 7. The molecule has 4 heterocycles. The molecule has 2 fully saturated rings. The quantitative estimate of drug-likeness (QED) is 0.221. The van der Waals surface area contributed by atoms with Crippen LogP contribution in [0.4, 0.5) is 0 Å². The third-order valence-corrected chi connectivity index (χ3v) is 10.4. The highest BCUT2D eigenvalue weighted by Gasteiger charge is 2.44. The van der Waals surface area contributed by atoms with E-state index in [1.807, 2.05) is 9.58 Å². The predicted molar refractivity (Wildman–Crippen MR) is 184 cm³/mol. The summed E-state index contributed by atoms with van der Waals surface area (Å²) < 4.78 is 9.35. The van der Waals surface area contributed by atoms with Gasteiger partial charge in [-0.25, -0.2) is 14.6 Å². The molecule has 1 atom stereocenters. The van der Waals surface area contributed by atoms with Crippen molar-refractivity contribution in [3.05, 3.63) is 107 Å². The van der Waals surface area contributed by atoms with Crippen molar-refractivity contribution in [2.45, 2.75) is 57.5 Å². The van der Waals surface area contributed by atoms with E-state index in [0.29, 0.717) is 40.9 Å². The molecule has 13 heteroatoms. The highest BCUT2D eigenvalue weighted by Crippen LogP contribution is 2.47. The maximum absolute atomic E-state index is 14.4. The standard InChI is InChI=1S/C36H37ClN8O4/c1-24(25-7-9-27(37)10-8-25)33(42-34(47)32-18-30(46)29-17-28(11-12-31(29)49-32)45-23-39-21-41-45)35(48)43-15-13-36(14-16-43,19-44-22-38-20-40-44)26-5-3-2-4-6-26/h7-12,17-18,20-23,26,33H,1-6,13-16,19H2,(H,42,47)/t33-/m1/s1. The van der Waals surface area contributed by atoms with Gasteiger partial charge in [-0.15, -0.1) is 0 Å². The third kappa shape index (κ3) is 6.78. The van der Waals surface area contributed by atoms with Gasteiger partial charge in [0, 0.05) is 30.7 Å². The Balaban J connectivity index is 1.14. The van der Waals surface area contributed by atoms with Crippen LogP contribution < -0.4 is 10.7 Å². The van der Waals surface area contributed by atoms with Gasteiger partial charge >= 0.3 is 0 Å². The Kier molecular flexibility index (Phi) is 9.13. The monoisotopic (exact) mass is 680 g/mol. The van der Waals surface area contributed by atoms with Gasteiger partial charge in [0.1, 0.15) is 36.9 Å². The van der Waals surface area contributed by atoms with E-state index in [0.717, 1.165) is 25.5 Å². The molecule has 3 aromatic heterocycles. The molecular weight excluding hydrogens is 644 g/mol. The molecule has 2 aromatic carbocycles. The van der Waals surface area contributed by atoms with Crippen LogP contribution in [0.15, 0.2) is 89.6 Å². The highest BCUT2D eigenvalue weighted by atomic mass is 35.5. The van der Waals surface area contributed by atoms with Gasteiger partial charge in [-0.2, -0.15) is 10.2 Å². The molecule has 5 aromatic rings. The van der Waals surface area contributed by atoms with Gasteiger partial charge in [0.2, 0.25) is 5.91 Å². The van der Waals surface area contributed by atoms with Gasteiger partial charge < -0.3 is 14.6 Å². The van der Waals surface area contributed by atoms with E-state index in [9.17, 15) is 14.4 Å². The van der Waals surface area contributed by atoms with Crippen molar-refractivity contribution < 1.29 is 14.0 Å². The summed E-state index contributed by atoms with van der Waals surface area (Å²) in [6.45, 7) is 6.07. The number of fused-ring (bicyclic) bond motifs is 1. The zero-order chi connectivity index (χ0) is 34.0. The summed E-state index contributed by atoms with van der Waals surface area (Å²) in [6, 6.07) is 11.9. The Hall–Kier alpha value is -5.10. The molecule has 0 unspecified atom stereocenters. The molecule has 2 amide bonds. The summed E-state index contributed by atoms with van der Waals surface area (Å²) in [5, 5.41) is 12.2. The van der Waals surface area contributed by atoms with E-state index >= 15 is 0 Å². The summed E-state index contributed by atoms with van der Waals surface area (Å²) >= 11 is 6.15. The van der Waals surface area contributed by atoms with Gasteiger partial charge in [0.25, 0.3) is 5.91 Å². The zero-order valence-corrected chi connectivity index (χ0v) is 27.8. The van der Waals surface area contributed by atoms with Crippen molar-refractivity contribution in [3.63, 3.8) is 0 Å². The summed E-state index contributed by atoms with van der Waals surface area (Å²) in [5.74, 6) is -0.639. The summed E-state index contributed by atoms with van der Waals surface area (Å²) in [6.07, 6.45) is 13.9. The smallest absolute Gasteiger partial charge is 0.288 e. The van der Waals surface area contributed by atoms with Crippen LogP contribution in [-0.2, 0) is 11.3 Å². The van der Waals surface area contributed by atoms with Crippen molar-refractivity contribution in [1.29, 1.82) is 0 Å². The highest BCUT2D eigenvalue weighted by molar-refractivity contribution is 6.30. The summed E-state index contributed by atoms with van der Waals surface area (Å²) in [5.41, 5.74) is 1.50. The van der Waals surface area contributed by atoms with E-state index < -0.39 is 17.4 Å². The van der Waals surface area contributed by atoms with E-state index in [2.05, 4.69) is 32.1 Å². The fraction of sp³-hybridized carbons (Fsp3) is 0.361. The molecule has 252 valence electrons. The third-order valence-electron chi connectivity index (χ3n) is 10.2. The van der Waals surface area contributed by atoms with Crippen LogP contribution in [0.5, 0.6) is 0 Å². The van der Waals surface area contributed by atoms with Crippen LogP contribution in [0.2, 0.25) is 5.02 Å². The van der Waals surface area contributed by atoms with Crippen molar-refractivity contribution in [2.24, 2.45) is 11.3 Å². The number of carbonyl (C=O) groups is 2. The summed E-state index contributed by atoms with van der Waals surface area (Å²) in [4.78, 5) is 51.2. The molecule has 12 nitrogen and oxygen atoms in total. The molecule has 1 N–H and O–H groups in total. The Morgan fingerprint density at radius 1 is 0.980 bits per heavy atom. The number of halogens is 1. The Morgan fingerprint density at radius 2 is 1.71 bits per heavy atom. The first-order chi connectivity index (χ1) is 23.8. The lowest BCUT2D eigenvalue weighted by Gasteiger charge is -2.48. The molecule has 1 saturated heterocycles. The second-order valence-electron chi connectivity index (χ2n) is 13.0. The number of amides is 2. The first-order valence-corrected chi connectivity index (χ1v) is 17.0. The molecule has 7 rings (SSSR count). The Labute approximate surface area is 287 Å². The minimum Gasteiger partial charge on any atom is -0.451 e. The van der Waals surface area contributed by atoms with Crippen LogP contribution in [-0.4, -0.2) is 65.4 Å². The van der Waals surface area contributed by atoms with E-state index in [1.54, 1.807) is 55.1 Å². The molecule has 1 aliphatic carbocycles. The van der Waals surface area contributed by atoms with E-state index in [1.165, 1.54) is 49.4 Å². The molecule has 0 spiro atoms. The zero-order valence-electron chi connectivity index (χ0n) is 27.0. The Bertz CT molecular complexity index is 2010. The van der Waals surface area contributed by atoms with Crippen molar-refractivity contribution in [2.75, 3.05) is 13.1 Å². The van der Waals surface area contributed by atoms with Gasteiger partial charge in [0.15, 0.2) is 11.2 Å². The minimum absolute atomic E-state index is 0.000868. The predicted octanol–water partition coefficient (Wildman–Crippen LogP) is 5.32. The van der Waals surface area contributed by atoms with E-state index in [-0.39, 0.29) is 28.1 Å². The largest absolute Gasteiger partial charge is 0.451 e. The maximum atomic E-state index is 14.4. The van der Waals surface area contributed by atoms with E-state index in [4.69, 9.17) is 16.0 Å². The first kappa shape index (κ1) is 32.4. The SMILES string of the molecule is C=C(c1ccc(Cl)cc1)[C@@H](NC(=O)c1cc(=O)c2cc(-n3cncn3)ccc2o1)C(=O)N1CCC(Cn2cncn2)(C2CCCCC2)CC1. The lowest BCUT2D eigenvalue weighted by Crippen LogP contribution is -2.54. The number of hydrogen-bond acceptors (Lipinski definition) is 8. The number of nitrogens with one attached hydrogen (secondary N) is 1. The van der Waals surface area contributed by atoms with Crippen LogP contribution in [0, 0.1) is 11.3 Å².